The van der Waals surface area contributed by atoms with Gasteiger partial charge in [0.05, 0.1) is 6.26 Å². The summed E-state index contributed by atoms with van der Waals surface area (Å²) in [5.74, 6) is 2.25. The van der Waals surface area contributed by atoms with Gasteiger partial charge in [-0.3, -0.25) is 0 Å². The summed E-state index contributed by atoms with van der Waals surface area (Å²) >= 11 is 0. The Morgan fingerprint density at radius 3 is 2.76 bits per heavy atom. The van der Waals surface area contributed by atoms with E-state index in [1.54, 1.807) is 24.7 Å². The fraction of sp³-hybridized carbons (Fsp3) is 0.350. The number of aliphatic imine (C=N–C) groups is 1. The summed E-state index contributed by atoms with van der Waals surface area (Å²) in [4.78, 5) is 6.67. The highest BCUT2D eigenvalue weighted by Gasteiger charge is 2.09. The van der Waals surface area contributed by atoms with Crippen molar-refractivity contribution in [2.24, 2.45) is 4.99 Å². The lowest BCUT2D eigenvalue weighted by Gasteiger charge is -2.23. The molecule has 29 heavy (non-hydrogen) atoms. The molecule has 156 valence electrons. The van der Waals surface area contributed by atoms with Crippen LogP contribution in [-0.4, -0.2) is 39.2 Å². The van der Waals surface area contributed by atoms with Crippen molar-refractivity contribution in [3.8, 4) is 0 Å². The van der Waals surface area contributed by atoms with Crippen LogP contribution in [0.5, 0.6) is 0 Å². The highest BCUT2D eigenvalue weighted by atomic mass is 127. The SMILES string of the molecule is CCc1nncn1CCNC(=NCc1ccco1)N(C)Cc1ccc(F)cc1.I. The predicted octanol–water partition coefficient (Wildman–Crippen LogP) is 3.47. The number of nitrogens with one attached hydrogen (secondary N) is 1. The maximum atomic E-state index is 13.2. The van der Waals surface area contributed by atoms with E-state index >= 15 is 0 Å². The van der Waals surface area contributed by atoms with Crippen molar-refractivity contribution in [3.63, 3.8) is 0 Å². The largest absolute Gasteiger partial charge is 0.467 e. The monoisotopic (exact) mass is 512 g/mol. The molecule has 2 heterocycles. The number of aromatic nitrogens is 3. The predicted molar refractivity (Wildman–Crippen MR) is 121 cm³/mol. The van der Waals surface area contributed by atoms with Crippen LogP contribution in [0.3, 0.4) is 0 Å². The van der Waals surface area contributed by atoms with Gasteiger partial charge in [0.15, 0.2) is 5.96 Å². The molecular weight excluding hydrogens is 486 g/mol. The topological polar surface area (TPSA) is 71.5 Å². The molecule has 0 spiro atoms. The van der Waals surface area contributed by atoms with Crippen LogP contribution in [0.2, 0.25) is 0 Å². The van der Waals surface area contributed by atoms with E-state index in [2.05, 4.69) is 27.4 Å². The van der Waals surface area contributed by atoms with E-state index in [9.17, 15) is 4.39 Å². The molecule has 0 saturated carbocycles. The summed E-state index contributed by atoms with van der Waals surface area (Å²) < 4.78 is 20.5. The summed E-state index contributed by atoms with van der Waals surface area (Å²) in [5.41, 5.74) is 1.00. The summed E-state index contributed by atoms with van der Waals surface area (Å²) in [6.07, 6.45) is 4.21. The highest BCUT2D eigenvalue weighted by Crippen LogP contribution is 2.07. The first-order valence-electron chi connectivity index (χ1n) is 9.28. The lowest BCUT2D eigenvalue weighted by atomic mass is 10.2. The van der Waals surface area contributed by atoms with Crippen molar-refractivity contribution >= 4 is 29.9 Å². The molecule has 0 aliphatic rings. The van der Waals surface area contributed by atoms with E-state index in [0.29, 0.717) is 19.6 Å². The fourth-order valence-electron chi connectivity index (χ4n) is 2.83. The molecule has 0 radical (unpaired) electrons. The van der Waals surface area contributed by atoms with Crippen LogP contribution in [0.25, 0.3) is 0 Å². The van der Waals surface area contributed by atoms with Gasteiger partial charge in [0.1, 0.15) is 30.3 Å². The zero-order chi connectivity index (χ0) is 19.8. The molecule has 0 saturated heterocycles. The lowest BCUT2D eigenvalue weighted by Crippen LogP contribution is -2.40. The third-order valence-corrected chi connectivity index (χ3v) is 4.31. The summed E-state index contributed by atoms with van der Waals surface area (Å²) in [7, 11) is 1.95. The van der Waals surface area contributed by atoms with E-state index < -0.39 is 0 Å². The molecule has 7 nitrogen and oxygen atoms in total. The first kappa shape index (κ1) is 22.9. The molecule has 1 aromatic carbocycles. The smallest absolute Gasteiger partial charge is 0.194 e. The lowest BCUT2D eigenvalue weighted by molar-refractivity contribution is 0.464. The van der Waals surface area contributed by atoms with Crippen molar-refractivity contribution in [2.45, 2.75) is 33.0 Å². The average Bonchev–Trinajstić information content (AvgIpc) is 3.37. The molecule has 0 atom stereocenters. The Morgan fingerprint density at radius 2 is 2.07 bits per heavy atom. The van der Waals surface area contributed by atoms with Crippen LogP contribution in [0.1, 0.15) is 24.1 Å². The molecule has 0 aliphatic heterocycles. The molecule has 9 heteroatoms. The standard InChI is InChI=1S/C20H25FN6O.HI/c1-3-19-25-24-15-27(19)11-10-22-20(23-13-18-5-4-12-28-18)26(2)14-16-6-8-17(21)9-7-16;/h4-9,12,15H,3,10-11,13-14H2,1-2H3,(H,22,23);1H. The average molecular weight is 512 g/mol. The Hall–Kier alpha value is -2.43. The van der Waals surface area contributed by atoms with Gasteiger partial charge < -0.3 is 19.2 Å². The van der Waals surface area contributed by atoms with Crippen molar-refractivity contribution in [2.75, 3.05) is 13.6 Å². The Kier molecular flexibility index (Phi) is 9.10. The molecule has 3 aromatic rings. The molecular formula is C20H26FIN6O. The van der Waals surface area contributed by atoms with Crippen molar-refractivity contribution in [3.05, 3.63) is 72.0 Å². The molecule has 3 rings (SSSR count). The third-order valence-electron chi connectivity index (χ3n) is 4.31. The number of benzene rings is 1. The molecule has 0 amide bonds. The van der Waals surface area contributed by atoms with Crippen LogP contribution >= 0.6 is 24.0 Å². The quantitative estimate of drug-likeness (QED) is 0.285. The van der Waals surface area contributed by atoms with Crippen LogP contribution in [0.15, 0.2) is 58.4 Å². The second-order valence-electron chi connectivity index (χ2n) is 6.42. The van der Waals surface area contributed by atoms with Gasteiger partial charge in [-0.1, -0.05) is 19.1 Å². The second-order valence-corrected chi connectivity index (χ2v) is 6.42. The van der Waals surface area contributed by atoms with Gasteiger partial charge in [-0.2, -0.15) is 0 Å². The Balaban J connectivity index is 0.00000300. The normalized spacial score (nSPS) is 11.2. The minimum Gasteiger partial charge on any atom is -0.467 e. The van der Waals surface area contributed by atoms with Crippen molar-refractivity contribution in [1.82, 2.24) is 25.0 Å². The van der Waals surface area contributed by atoms with E-state index in [1.165, 1.54) is 12.1 Å². The minimum absolute atomic E-state index is 0. The Morgan fingerprint density at radius 1 is 1.28 bits per heavy atom. The number of guanidine groups is 1. The fourth-order valence-corrected chi connectivity index (χ4v) is 2.83. The number of nitrogens with zero attached hydrogens (tertiary/aromatic N) is 5. The van der Waals surface area contributed by atoms with E-state index in [4.69, 9.17) is 4.42 Å². The first-order chi connectivity index (χ1) is 13.7. The number of hydrogen-bond acceptors (Lipinski definition) is 4. The van der Waals surface area contributed by atoms with E-state index in [1.807, 2.05) is 28.6 Å². The summed E-state index contributed by atoms with van der Waals surface area (Å²) in [6.45, 7) is 4.52. The number of furan rings is 1. The van der Waals surface area contributed by atoms with E-state index in [0.717, 1.165) is 36.1 Å². The van der Waals surface area contributed by atoms with Crippen molar-refractivity contribution < 1.29 is 8.81 Å². The van der Waals surface area contributed by atoms with Gasteiger partial charge in [-0.15, -0.1) is 34.2 Å². The highest BCUT2D eigenvalue weighted by molar-refractivity contribution is 14.0. The van der Waals surface area contributed by atoms with Crippen LogP contribution in [-0.2, 0) is 26.1 Å². The summed E-state index contributed by atoms with van der Waals surface area (Å²) in [6, 6.07) is 10.2. The van der Waals surface area contributed by atoms with Gasteiger partial charge >= 0.3 is 0 Å². The molecule has 1 N–H and O–H groups in total. The molecule has 0 fully saturated rings. The Bertz CT molecular complexity index is 879. The minimum atomic E-state index is -0.239. The second kappa shape index (κ2) is 11.5. The number of halogens is 2. The zero-order valence-corrected chi connectivity index (χ0v) is 18.9. The van der Waals surface area contributed by atoms with E-state index in [-0.39, 0.29) is 29.8 Å². The first-order valence-corrected chi connectivity index (χ1v) is 9.28. The third kappa shape index (κ3) is 6.84. The summed E-state index contributed by atoms with van der Waals surface area (Å²) in [5, 5.41) is 11.4. The number of aryl methyl sites for hydroxylation is 1. The van der Waals surface area contributed by atoms with Crippen LogP contribution in [0.4, 0.5) is 4.39 Å². The maximum Gasteiger partial charge on any atom is 0.194 e. The van der Waals surface area contributed by atoms with Gasteiger partial charge in [0, 0.05) is 33.1 Å². The maximum absolute atomic E-state index is 13.2. The molecule has 0 unspecified atom stereocenters. The van der Waals surface area contributed by atoms with Crippen LogP contribution < -0.4 is 5.32 Å². The molecule has 2 aromatic heterocycles. The molecule has 0 aliphatic carbocycles. The van der Waals surface area contributed by atoms with Gasteiger partial charge in [0.2, 0.25) is 0 Å². The van der Waals surface area contributed by atoms with Crippen LogP contribution in [0, 0.1) is 5.82 Å². The molecule has 0 bridgehead atoms. The number of hydrogen-bond donors (Lipinski definition) is 1. The number of rotatable bonds is 8. The Labute approximate surface area is 187 Å². The van der Waals surface area contributed by atoms with Gasteiger partial charge in [-0.05, 0) is 29.8 Å². The van der Waals surface area contributed by atoms with Gasteiger partial charge in [-0.25, -0.2) is 9.38 Å². The zero-order valence-electron chi connectivity index (χ0n) is 16.6. The van der Waals surface area contributed by atoms with Crippen molar-refractivity contribution in [1.29, 1.82) is 0 Å². The van der Waals surface area contributed by atoms with Gasteiger partial charge in [0.25, 0.3) is 0 Å².